The molecule has 1 unspecified atom stereocenters. The largest absolute Gasteiger partial charge is 0.396 e. The van der Waals surface area contributed by atoms with Crippen molar-refractivity contribution in [3.8, 4) is 0 Å². The maximum absolute atomic E-state index is 9.05. The Bertz CT molecular complexity index is 91.1. The van der Waals surface area contributed by atoms with Gasteiger partial charge in [0.1, 0.15) is 0 Å². The van der Waals surface area contributed by atoms with E-state index >= 15 is 0 Å². The van der Waals surface area contributed by atoms with E-state index in [1.807, 2.05) is 0 Å². The minimum atomic E-state index is -0.270. The van der Waals surface area contributed by atoms with E-state index in [-0.39, 0.29) is 45.4 Å². The van der Waals surface area contributed by atoms with Crippen molar-refractivity contribution in [1.82, 2.24) is 4.90 Å². The van der Waals surface area contributed by atoms with Crippen molar-refractivity contribution in [2.45, 2.75) is 26.4 Å². The molecule has 3 nitrogen and oxygen atoms in total. The average molecular weight is 250 g/mol. The molecule has 0 fully saturated rings. The zero-order valence-electron chi connectivity index (χ0n) is 8.03. The summed E-state index contributed by atoms with van der Waals surface area (Å²) in [7, 11) is 0. The molecule has 2 N–H and O–H groups in total. The smallest absolute Gasteiger partial charge is 0.0639 e. The van der Waals surface area contributed by atoms with Gasteiger partial charge in [0, 0.05) is 52.4 Å². The number of hydrogen-bond donors (Lipinski definition) is 2. The zero-order chi connectivity index (χ0) is 8.69. The Morgan fingerprint density at radius 2 is 2.00 bits per heavy atom. The Labute approximate surface area is 100 Å². The van der Waals surface area contributed by atoms with Gasteiger partial charge in [-0.3, -0.25) is 0 Å². The Morgan fingerprint density at radius 1 is 1.42 bits per heavy atom. The first-order valence-electron chi connectivity index (χ1n) is 4.22. The fourth-order valence-corrected chi connectivity index (χ4v) is 1.05. The normalized spacial score (nSPS) is 12.8. The van der Waals surface area contributed by atoms with Crippen molar-refractivity contribution < 1.29 is 42.9 Å². The van der Waals surface area contributed by atoms with E-state index in [0.29, 0.717) is 6.54 Å². The molecule has 0 aliphatic carbocycles. The van der Waals surface area contributed by atoms with Crippen molar-refractivity contribution in [2.24, 2.45) is 0 Å². The molecule has 0 bridgehead atoms. The van der Waals surface area contributed by atoms with E-state index in [9.17, 15) is 0 Å². The van der Waals surface area contributed by atoms with Crippen LogP contribution < -0.4 is 0 Å². The molecule has 0 saturated heterocycles. The number of hydrogen-bond acceptors (Lipinski definition) is 3. The van der Waals surface area contributed by atoms with Crippen molar-refractivity contribution in [1.29, 1.82) is 0 Å². The molecule has 12 heavy (non-hydrogen) atoms. The summed E-state index contributed by atoms with van der Waals surface area (Å²) < 4.78 is 0. The van der Waals surface area contributed by atoms with Crippen LogP contribution in [0.5, 0.6) is 0 Å². The monoisotopic (exact) mass is 250 g/mol. The molecule has 4 heteroatoms. The second kappa shape index (κ2) is 10.1. The van der Waals surface area contributed by atoms with E-state index in [4.69, 9.17) is 10.2 Å². The second-order valence-electron chi connectivity index (χ2n) is 2.82. The van der Waals surface area contributed by atoms with Gasteiger partial charge in [-0.25, -0.2) is 0 Å². The third kappa shape index (κ3) is 9.07. The van der Waals surface area contributed by atoms with Crippen LogP contribution in [0.15, 0.2) is 0 Å². The van der Waals surface area contributed by atoms with Gasteiger partial charge in [0.15, 0.2) is 0 Å². The SMILES string of the molecule is CCN(CCCO)CC(C)O.[Y]. The van der Waals surface area contributed by atoms with E-state index in [1.54, 1.807) is 6.92 Å². The number of rotatable bonds is 6. The molecule has 0 rings (SSSR count). The van der Waals surface area contributed by atoms with E-state index in [2.05, 4.69) is 11.8 Å². The summed E-state index contributed by atoms with van der Waals surface area (Å²) in [5.41, 5.74) is 0. The molecule has 71 valence electrons. The van der Waals surface area contributed by atoms with Gasteiger partial charge in [-0.15, -0.1) is 0 Å². The van der Waals surface area contributed by atoms with Crippen molar-refractivity contribution in [2.75, 3.05) is 26.2 Å². The van der Waals surface area contributed by atoms with Crippen molar-refractivity contribution >= 4 is 0 Å². The molecule has 0 aliphatic rings. The van der Waals surface area contributed by atoms with Crippen LogP contribution in [0.3, 0.4) is 0 Å². The van der Waals surface area contributed by atoms with Gasteiger partial charge >= 0.3 is 0 Å². The molecule has 0 aliphatic heterocycles. The van der Waals surface area contributed by atoms with Crippen LogP contribution in [0.25, 0.3) is 0 Å². The van der Waals surface area contributed by atoms with Crippen LogP contribution in [0.2, 0.25) is 0 Å². The molecule has 1 radical (unpaired) electrons. The Kier molecular flexibility index (Phi) is 13.0. The predicted molar refractivity (Wildman–Crippen MR) is 45.5 cm³/mol. The van der Waals surface area contributed by atoms with Gasteiger partial charge in [0.25, 0.3) is 0 Å². The third-order valence-corrected chi connectivity index (χ3v) is 1.60. The summed E-state index contributed by atoms with van der Waals surface area (Å²) in [6.45, 7) is 6.58. The summed E-state index contributed by atoms with van der Waals surface area (Å²) in [4.78, 5) is 2.13. The molecule has 0 amide bonds. The van der Waals surface area contributed by atoms with Crippen LogP contribution >= 0.6 is 0 Å². The van der Waals surface area contributed by atoms with Crippen LogP contribution in [-0.4, -0.2) is 47.5 Å². The third-order valence-electron chi connectivity index (χ3n) is 1.60. The molecular formula is C8H19NO2Y. The number of aliphatic hydroxyl groups excluding tert-OH is 2. The van der Waals surface area contributed by atoms with Crippen LogP contribution in [0.1, 0.15) is 20.3 Å². The van der Waals surface area contributed by atoms with Gasteiger partial charge in [-0.1, -0.05) is 6.92 Å². The van der Waals surface area contributed by atoms with Crippen LogP contribution in [0, 0.1) is 0 Å². The van der Waals surface area contributed by atoms with Crippen molar-refractivity contribution in [3.05, 3.63) is 0 Å². The summed E-state index contributed by atoms with van der Waals surface area (Å²) >= 11 is 0. The summed E-state index contributed by atoms with van der Waals surface area (Å²) in [6.07, 6.45) is 0.522. The van der Waals surface area contributed by atoms with Gasteiger partial charge in [-0.2, -0.15) is 0 Å². The number of likely N-dealkylation sites (N-methyl/N-ethyl adjacent to an activating group) is 1. The molecule has 0 aromatic heterocycles. The molecular weight excluding hydrogens is 231 g/mol. The Balaban J connectivity index is 0. The van der Waals surface area contributed by atoms with Crippen LogP contribution in [-0.2, 0) is 32.7 Å². The second-order valence-corrected chi connectivity index (χ2v) is 2.82. The van der Waals surface area contributed by atoms with Crippen LogP contribution in [0.4, 0.5) is 0 Å². The number of nitrogens with zero attached hydrogens (tertiary/aromatic N) is 1. The Hall–Kier alpha value is 0.984. The summed E-state index contributed by atoms with van der Waals surface area (Å²) in [6, 6.07) is 0. The quantitative estimate of drug-likeness (QED) is 0.701. The standard InChI is InChI=1S/C8H19NO2.Y/c1-3-9(5-4-6-10)7-8(2)11;/h8,10-11H,3-7H2,1-2H3;. The first-order valence-corrected chi connectivity index (χ1v) is 4.22. The van der Waals surface area contributed by atoms with Gasteiger partial charge in [-0.05, 0) is 19.9 Å². The minimum Gasteiger partial charge on any atom is -0.396 e. The fourth-order valence-electron chi connectivity index (χ4n) is 1.05. The summed E-state index contributed by atoms with van der Waals surface area (Å²) in [5, 5.41) is 17.6. The summed E-state index contributed by atoms with van der Waals surface area (Å²) in [5.74, 6) is 0. The van der Waals surface area contributed by atoms with Gasteiger partial charge < -0.3 is 15.1 Å². The molecule has 0 heterocycles. The minimum absolute atomic E-state index is 0. The molecule has 0 saturated carbocycles. The molecule has 1 atom stereocenters. The Morgan fingerprint density at radius 3 is 2.33 bits per heavy atom. The topological polar surface area (TPSA) is 43.7 Å². The fraction of sp³-hybridized carbons (Fsp3) is 1.00. The zero-order valence-corrected chi connectivity index (χ0v) is 10.9. The first kappa shape index (κ1) is 15.5. The molecule has 0 aromatic rings. The van der Waals surface area contributed by atoms with E-state index < -0.39 is 0 Å². The van der Waals surface area contributed by atoms with E-state index in [1.165, 1.54) is 0 Å². The van der Waals surface area contributed by atoms with Crippen molar-refractivity contribution in [3.63, 3.8) is 0 Å². The molecule has 0 spiro atoms. The first-order chi connectivity index (χ1) is 5.20. The average Bonchev–Trinajstić information content (AvgIpc) is 1.97. The maximum Gasteiger partial charge on any atom is 0.0639 e. The number of aliphatic hydroxyl groups is 2. The predicted octanol–water partition coefficient (Wildman–Crippen LogP) is 0.0690. The molecule has 0 aromatic carbocycles. The van der Waals surface area contributed by atoms with Gasteiger partial charge in [0.2, 0.25) is 0 Å². The van der Waals surface area contributed by atoms with E-state index in [0.717, 1.165) is 19.5 Å². The van der Waals surface area contributed by atoms with Gasteiger partial charge in [0.05, 0.1) is 6.10 Å². The maximum atomic E-state index is 9.05.